The maximum Gasteiger partial charge on any atom is 0.230 e. The highest BCUT2D eigenvalue weighted by Crippen LogP contribution is 2.62. The number of ether oxygens (including phenoxy) is 8. The van der Waals surface area contributed by atoms with Crippen LogP contribution < -0.4 is 37.9 Å². The minimum absolute atomic E-state index is 0.149. The molecule has 13 rings (SSSR count). The van der Waals surface area contributed by atoms with Crippen molar-refractivity contribution in [2.24, 2.45) is 0 Å². The van der Waals surface area contributed by atoms with Crippen LogP contribution in [0.1, 0.15) is 250 Å². The number of unbranched alkanes of at least 4 members (excludes halogenated alkanes) is 16. The zero-order valence-electron chi connectivity index (χ0n) is 56.7. The van der Waals surface area contributed by atoms with Crippen molar-refractivity contribution in [3.05, 3.63) is 166 Å². The third kappa shape index (κ3) is 13.6. The number of hydrogen-bond donors (Lipinski definition) is 4. The topological polar surface area (TPSA) is 155 Å². The Morgan fingerprint density at radius 3 is 0.573 bits per heavy atom. The molecule has 4 aliphatic heterocycles. The van der Waals surface area contributed by atoms with Gasteiger partial charge in [0.25, 0.3) is 0 Å². The fraction of sp³-hybridized carbons (Fsp3) is 0.429. The van der Waals surface area contributed by atoms with Gasteiger partial charge in [-0.05, 0) is 121 Å². The average Bonchev–Trinajstić information content (AvgIpc) is 0.721. The van der Waals surface area contributed by atoms with Crippen LogP contribution in [0.3, 0.4) is 0 Å². The van der Waals surface area contributed by atoms with Crippen molar-refractivity contribution in [1.29, 1.82) is 0 Å². The molecule has 0 saturated heterocycles. The van der Waals surface area contributed by atoms with Gasteiger partial charge in [-0.2, -0.15) is 0 Å². The highest BCUT2D eigenvalue weighted by molar-refractivity contribution is 5.89. The van der Waals surface area contributed by atoms with Crippen LogP contribution >= 0.6 is 0 Å². The van der Waals surface area contributed by atoms with E-state index in [9.17, 15) is 20.4 Å². The number of aromatic hydroxyl groups is 4. The molecule has 504 valence electrons. The van der Waals surface area contributed by atoms with Crippen molar-refractivity contribution in [3.8, 4) is 114 Å². The first-order chi connectivity index (χ1) is 47.2. The molecule has 12 heteroatoms. The first-order valence-electron chi connectivity index (χ1n) is 36.2. The van der Waals surface area contributed by atoms with Crippen LogP contribution in [0.2, 0.25) is 0 Å². The summed E-state index contributed by atoms with van der Waals surface area (Å²) in [7, 11) is 0. The first kappa shape index (κ1) is 66.0. The monoisotopic (exact) mass is 1300 g/mol. The largest absolute Gasteiger partial charge is 0.508 e. The Hall–Kier alpha value is -8.64. The van der Waals surface area contributed by atoms with E-state index in [4.69, 9.17) is 37.9 Å². The van der Waals surface area contributed by atoms with Crippen molar-refractivity contribution in [2.45, 2.75) is 205 Å². The number of phenolic OH excluding ortho intramolecular Hbond substituents is 4. The van der Waals surface area contributed by atoms with Gasteiger partial charge >= 0.3 is 0 Å². The maximum atomic E-state index is 11.1. The predicted octanol–water partition coefficient (Wildman–Crippen LogP) is 22.4. The van der Waals surface area contributed by atoms with Gasteiger partial charge in [0.15, 0.2) is 0 Å². The second-order valence-electron chi connectivity index (χ2n) is 27.2. The number of rotatable bonds is 28. The quantitative estimate of drug-likeness (QED) is 0.0345. The third-order valence-electron chi connectivity index (χ3n) is 20.8. The second-order valence-corrected chi connectivity index (χ2v) is 27.2. The van der Waals surface area contributed by atoms with Gasteiger partial charge in [0, 0.05) is 68.2 Å². The van der Waals surface area contributed by atoms with Crippen molar-refractivity contribution >= 4 is 0 Å². The van der Waals surface area contributed by atoms with E-state index in [1.165, 1.54) is 0 Å². The highest BCUT2D eigenvalue weighted by Gasteiger charge is 2.43. The first-order valence-corrected chi connectivity index (χ1v) is 36.2. The van der Waals surface area contributed by atoms with Crippen molar-refractivity contribution in [3.63, 3.8) is 0 Å². The van der Waals surface area contributed by atoms with Crippen LogP contribution in [0.4, 0.5) is 0 Å². The number of phenols is 4. The molecular weight excluding hydrogens is 1200 g/mol. The Kier molecular flexibility index (Phi) is 21.0. The Bertz CT molecular complexity index is 3330. The number of benzene rings is 8. The van der Waals surface area contributed by atoms with Crippen LogP contribution in [-0.2, 0) is 0 Å². The Labute approximate surface area is 567 Å². The van der Waals surface area contributed by atoms with E-state index < -0.39 is 0 Å². The van der Waals surface area contributed by atoms with Gasteiger partial charge in [-0.1, -0.05) is 205 Å². The van der Waals surface area contributed by atoms with Gasteiger partial charge in [-0.15, -0.1) is 0 Å². The predicted molar refractivity (Wildman–Crippen MR) is 380 cm³/mol. The fourth-order valence-corrected chi connectivity index (χ4v) is 15.9. The SMILES string of the molecule is CCCCCCCC1c2cc3c4c(-c5ccc(O)cc5)c2OCOc2c1cc1c(c2-c2ccc(O)cc2)OCOc2c(cc5c(c2-c2ccc(O)cc2)OCOc2c(cc(c(c2-c2ccc(O)cc2)OCO4)C3CCCCCCC)C5CCCCCCC)C1CCCCCCC. The maximum absolute atomic E-state index is 11.1. The molecule has 0 spiro atoms. The third-order valence-corrected chi connectivity index (χ3v) is 20.8. The lowest BCUT2D eigenvalue weighted by Gasteiger charge is -2.38. The minimum atomic E-state index is -0.314. The smallest absolute Gasteiger partial charge is 0.230 e. The van der Waals surface area contributed by atoms with Crippen molar-refractivity contribution in [1.82, 2.24) is 0 Å². The van der Waals surface area contributed by atoms with Crippen LogP contribution in [-0.4, -0.2) is 47.6 Å². The summed E-state index contributed by atoms with van der Waals surface area (Å²) in [6.45, 7) is 8.39. The molecule has 0 fully saturated rings. The lowest BCUT2D eigenvalue weighted by atomic mass is 9.73. The standard InChI is InChI=1S/C84H96O12/c1-5-9-13-17-21-25-61-65-45-67-62(26-22-18-14-10-6-2)69-47-71-64(28-24-20-16-12-8-4)72-48-70-63(27-23-19-15-11-7-3)68-46-66(61)78-74(54-31-39-58(86)40-32-54)80(68)92-51-94-82(70)76(56-35-43-60(88)44-36-56)84(72)96-52-95-83(71)75(55-33-41-59(87)42-34-55)81(69)93-50-91-79(67)73(77(65)89-49-90-78)53-29-37-57(85)38-30-53/h29-48,61-64,85-88H,5-28,49-52H2,1-4H3. The second kappa shape index (κ2) is 30.6. The molecule has 0 radical (unpaired) electrons. The van der Waals surface area contributed by atoms with Gasteiger partial charge < -0.3 is 58.3 Å². The van der Waals surface area contributed by atoms with Gasteiger partial charge in [0.05, 0.1) is 22.3 Å². The van der Waals surface area contributed by atoms with E-state index in [2.05, 4.69) is 52.0 Å². The summed E-state index contributed by atoms with van der Waals surface area (Å²) in [5.74, 6) is 4.58. The van der Waals surface area contributed by atoms with E-state index in [0.717, 1.165) is 243 Å². The summed E-state index contributed by atoms with van der Waals surface area (Å²) in [4.78, 5) is 0. The summed E-state index contributed by atoms with van der Waals surface area (Å²) in [5.41, 5.74) is 14.5. The van der Waals surface area contributed by atoms with Crippen LogP contribution in [0.5, 0.6) is 69.0 Å². The molecule has 5 aliphatic rings. The van der Waals surface area contributed by atoms with Crippen LogP contribution in [0.25, 0.3) is 44.5 Å². The zero-order valence-corrected chi connectivity index (χ0v) is 56.7. The van der Waals surface area contributed by atoms with Gasteiger partial charge in [0.2, 0.25) is 27.2 Å². The van der Waals surface area contributed by atoms with Gasteiger partial charge in [0.1, 0.15) is 69.0 Å². The summed E-state index contributed by atoms with van der Waals surface area (Å²) in [5, 5.41) is 44.3. The van der Waals surface area contributed by atoms with Gasteiger partial charge in [-0.25, -0.2) is 0 Å². The summed E-state index contributed by atoms with van der Waals surface area (Å²) >= 11 is 0. The molecule has 8 aromatic rings. The summed E-state index contributed by atoms with van der Waals surface area (Å²) < 4.78 is 58.6. The molecule has 0 amide bonds. The van der Waals surface area contributed by atoms with E-state index in [-0.39, 0.29) is 73.8 Å². The Morgan fingerprint density at radius 2 is 0.406 bits per heavy atom. The Morgan fingerprint density at radius 1 is 0.240 bits per heavy atom. The Balaban J connectivity index is 1.23. The van der Waals surface area contributed by atoms with E-state index in [1.54, 1.807) is 48.5 Å². The van der Waals surface area contributed by atoms with Crippen LogP contribution in [0, 0.1) is 0 Å². The molecule has 0 saturated carbocycles. The molecule has 0 unspecified atom stereocenters. The lowest BCUT2D eigenvalue weighted by Crippen LogP contribution is -2.24. The minimum Gasteiger partial charge on any atom is -0.508 e. The molecule has 0 atom stereocenters. The van der Waals surface area contributed by atoms with Gasteiger partial charge in [-0.3, -0.25) is 0 Å². The normalized spacial score (nSPS) is 17.0. The fourth-order valence-electron chi connectivity index (χ4n) is 15.9. The number of hydrogen-bond acceptors (Lipinski definition) is 12. The highest BCUT2D eigenvalue weighted by atomic mass is 16.7. The molecule has 1 aliphatic carbocycles. The molecule has 4 N–H and O–H groups in total. The molecule has 4 heterocycles. The summed E-state index contributed by atoms with van der Waals surface area (Å²) in [6.07, 6.45) is 24.3. The van der Waals surface area contributed by atoms with Crippen LogP contribution in [0.15, 0.2) is 121 Å². The molecule has 8 aromatic carbocycles. The van der Waals surface area contributed by atoms with E-state index >= 15 is 0 Å². The zero-order chi connectivity index (χ0) is 66.1. The molecular formula is C84H96O12. The van der Waals surface area contributed by atoms with Crippen molar-refractivity contribution in [2.75, 3.05) is 27.2 Å². The molecule has 12 nitrogen and oxygen atoms in total. The summed E-state index contributed by atoms with van der Waals surface area (Å²) in [6, 6.07) is 39.4. The molecule has 96 heavy (non-hydrogen) atoms. The molecule has 0 aromatic heterocycles. The molecule has 8 bridgehead atoms. The lowest BCUT2D eigenvalue weighted by molar-refractivity contribution is 0.101. The van der Waals surface area contributed by atoms with E-state index in [1.807, 2.05) is 48.5 Å². The van der Waals surface area contributed by atoms with Crippen molar-refractivity contribution < 1.29 is 58.3 Å². The average molecular weight is 1300 g/mol. The van der Waals surface area contributed by atoms with E-state index in [0.29, 0.717) is 46.0 Å².